The number of hydrogen-bond donors (Lipinski definition) is 0. The number of amides is 1. The van der Waals surface area contributed by atoms with Gasteiger partial charge in [0.2, 0.25) is 0 Å². The number of carbonyl (C=O) groups is 1. The molecule has 5 nitrogen and oxygen atoms in total. The molecule has 0 N–H and O–H groups in total. The second-order valence-corrected chi connectivity index (χ2v) is 6.93. The van der Waals surface area contributed by atoms with Gasteiger partial charge in [0.1, 0.15) is 17.0 Å². The van der Waals surface area contributed by atoms with Crippen LogP contribution in [-0.4, -0.2) is 30.1 Å². The summed E-state index contributed by atoms with van der Waals surface area (Å²) in [6.07, 6.45) is 1.73. The Bertz CT molecular complexity index is 1040. The largest absolute Gasteiger partial charge is 0.422 e. The van der Waals surface area contributed by atoms with E-state index in [1.807, 2.05) is 6.07 Å². The molecule has 2 aromatic carbocycles. The first-order chi connectivity index (χ1) is 13.6. The molecule has 1 aliphatic rings. The monoisotopic (exact) mass is 381 g/mol. The number of para-hydroxylation sites is 1. The molecule has 0 spiro atoms. The van der Waals surface area contributed by atoms with E-state index in [2.05, 4.69) is 0 Å². The number of rotatable bonds is 5. The fourth-order valence-corrected chi connectivity index (χ4v) is 3.44. The van der Waals surface area contributed by atoms with Crippen LogP contribution in [0.5, 0.6) is 0 Å². The summed E-state index contributed by atoms with van der Waals surface area (Å²) in [5, 5.41) is 0.685. The van der Waals surface area contributed by atoms with E-state index >= 15 is 0 Å². The molecule has 0 bridgehead atoms. The number of halogens is 1. The van der Waals surface area contributed by atoms with E-state index in [0.717, 1.165) is 18.4 Å². The van der Waals surface area contributed by atoms with Gasteiger partial charge in [-0.15, -0.1) is 0 Å². The summed E-state index contributed by atoms with van der Waals surface area (Å²) < 4.78 is 24.2. The lowest BCUT2D eigenvalue weighted by molar-refractivity contribution is 0.0504. The van der Waals surface area contributed by atoms with Crippen molar-refractivity contribution in [3.05, 3.63) is 82.0 Å². The highest BCUT2D eigenvalue weighted by molar-refractivity contribution is 5.96. The highest BCUT2D eigenvalue weighted by Crippen LogP contribution is 2.19. The quantitative estimate of drug-likeness (QED) is 0.632. The van der Waals surface area contributed by atoms with Crippen LogP contribution in [0, 0.1) is 5.82 Å². The minimum absolute atomic E-state index is 0.0150. The van der Waals surface area contributed by atoms with Crippen molar-refractivity contribution in [1.82, 2.24) is 4.90 Å². The lowest BCUT2D eigenvalue weighted by Gasteiger charge is -2.25. The third-order valence-electron chi connectivity index (χ3n) is 4.89. The summed E-state index contributed by atoms with van der Waals surface area (Å²) in [7, 11) is 0. The average molecular weight is 381 g/mol. The predicted octanol–water partition coefficient (Wildman–Crippen LogP) is 3.75. The first kappa shape index (κ1) is 18.4. The van der Waals surface area contributed by atoms with Gasteiger partial charge >= 0.3 is 5.63 Å². The van der Waals surface area contributed by atoms with E-state index in [0.29, 0.717) is 24.1 Å². The zero-order valence-electron chi connectivity index (χ0n) is 15.3. The highest BCUT2D eigenvalue weighted by Gasteiger charge is 2.26. The molecule has 1 amide bonds. The molecule has 1 aliphatic heterocycles. The minimum Gasteiger partial charge on any atom is -0.422 e. The lowest BCUT2D eigenvalue weighted by atomic mass is 10.1. The van der Waals surface area contributed by atoms with Crippen LogP contribution in [0.1, 0.15) is 28.8 Å². The van der Waals surface area contributed by atoms with E-state index in [1.165, 1.54) is 12.1 Å². The standard InChI is InChI=1S/C22H20FNO4/c23-17-9-7-15(8-10-17)13-24(14-18-5-3-11-27-18)21(25)19-12-16-4-1-2-6-20(16)28-22(19)26/h1-2,4,6-10,12,18H,3,5,11,13-14H2. The van der Waals surface area contributed by atoms with Gasteiger partial charge in [-0.2, -0.15) is 0 Å². The maximum absolute atomic E-state index is 13.2. The molecule has 1 fully saturated rings. The normalized spacial score (nSPS) is 16.4. The van der Waals surface area contributed by atoms with Crippen molar-refractivity contribution in [1.29, 1.82) is 0 Å². The van der Waals surface area contributed by atoms with Gasteiger partial charge in [0.15, 0.2) is 0 Å². The predicted molar refractivity (Wildman–Crippen MR) is 103 cm³/mol. The van der Waals surface area contributed by atoms with E-state index in [9.17, 15) is 14.0 Å². The molecular formula is C22H20FNO4. The van der Waals surface area contributed by atoms with Gasteiger partial charge in [-0.1, -0.05) is 30.3 Å². The van der Waals surface area contributed by atoms with Crippen LogP contribution in [-0.2, 0) is 11.3 Å². The van der Waals surface area contributed by atoms with Crippen molar-refractivity contribution >= 4 is 16.9 Å². The minimum atomic E-state index is -0.667. The van der Waals surface area contributed by atoms with Crippen LogP contribution < -0.4 is 5.63 Å². The van der Waals surface area contributed by atoms with Crippen molar-refractivity contribution < 1.29 is 18.3 Å². The van der Waals surface area contributed by atoms with Gasteiger partial charge in [-0.05, 0) is 42.7 Å². The molecule has 144 valence electrons. The van der Waals surface area contributed by atoms with Crippen molar-refractivity contribution in [2.24, 2.45) is 0 Å². The molecular weight excluding hydrogens is 361 g/mol. The van der Waals surface area contributed by atoms with Gasteiger partial charge in [-0.3, -0.25) is 4.79 Å². The van der Waals surface area contributed by atoms with Gasteiger partial charge < -0.3 is 14.1 Å². The van der Waals surface area contributed by atoms with Crippen LogP contribution in [0.4, 0.5) is 4.39 Å². The van der Waals surface area contributed by atoms with Gasteiger partial charge in [-0.25, -0.2) is 9.18 Å². The second kappa shape index (κ2) is 7.94. The van der Waals surface area contributed by atoms with E-state index in [-0.39, 0.29) is 24.0 Å². The molecule has 3 aromatic rings. The fraction of sp³-hybridized carbons (Fsp3) is 0.273. The molecule has 2 heterocycles. The van der Waals surface area contributed by atoms with Gasteiger partial charge in [0.05, 0.1) is 6.10 Å². The van der Waals surface area contributed by atoms with Crippen molar-refractivity contribution in [3.63, 3.8) is 0 Å². The van der Waals surface area contributed by atoms with Crippen molar-refractivity contribution in [3.8, 4) is 0 Å². The first-order valence-corrected chi connectivity index (χ1v) is 9.28. The van der Waals surface area contributed by atoms with E-state index in [4.69, 9.17) is 9.15 Å². The fourth-order valence-electron chi connectivity index (χ4n) is 3.44. The van der Waals surface area contributed by atoms with Crippen LogP contribution in [0.25, 0.3) is 11.0 Å². The molecule has 4 rings (SSSR count). The number of ether oxygens (including phenoxy) is 1. The van der Waals surface area contributed by atoms with E-state index in [1.54, 1.807) is 41.3 Å². The Balaban J connectivity index is 1.66. The summed E-state index contributed by atoms with van der Waals surface area (Å²) >= 11 is 0. The summed E-state index contributed by atoms with van der Waals surface area (Å²) in [4.78, 5) is 27.2. The number of nitrogens with zero attached hydrogens (tertiary/aromatic N) is 1. The third-order valence-corrected chi connectivity index (χ3v) is 4.89. The Morgan fingerprint density at radius 2 is 1.93 bits per heavy atom. The SMILES string of the molecule is O=C(c1cc2ccccc2oc1=O)N(Cc1ccc(F)cc1)CC1CCCO1. The summed E-state index contributed by atoms with van der Waals surface area (Å²) in [5.41, 5.74) is 0.533. The highest BCUT2D eigenvalue weighted by atomic mass is 19.1. The summed E-state index contributed by atoms with van der Waals surface area (Å²) in [6.45, 7) is 1.29. The Hall–Kier alpha value is -2.99. The number of carbonyl (C=O) groups excluding carboxylic acids is 1. The molecule has 0 aliphatic carbocycles. The summed E-state index contributed by atoms with van der Waals surface area (Å²) in [5.74, 6) is -0.754. The lowest BCUT2D eigenvalue weighted by Crippen LogP contribution is -2.38. The molecule has 1 aromatic heterocycles. The Morgan fingerprint density at radius 3 is 2.68 bits per heavy atom. The number of benzene rings is 2. The molecule has 28 heavy (non-hydrogen) atoms. The zero-order chi connectivity index (χ0) is 19.5. The molecule has 1 unspecified atom stereocenters. The number of fused-ring (bicyclic) bond motifs is 1. The Labute approximate surface area is 161 Å². The van der Waals surface area contributed by atoms with Gasteiger partial charge in [0, 0.05) is 25.1 Å². The molecule has 0 radical (unpaired) electrons. The Morgan fingerprint density at radius 1 is 1.14 bits per heavy atom. The smallest absolute Gasteiger partial charge is 0.349 e. The molecule has 0 saturated carbocycles. The first-order valence-electron chi connectivity index (χ1n) is 9.28. The topological polar surface area (TPSA) is 59.8 Å². The van der Waals surface area contributed by atoms with Crippen LogP contribution in [0.2, 0.25) is 0 Å². The van der Waals surface area contributed by atoms with E-state index < -0.39 is 11.5 Å². The summed E-state index contributed by atoms with van der Waals surface area (Å²) in [6, 6.07) is 14.6. The average Bonchev–Trinajstić information content (AvgIpc) is 3.21. The third kappa shape index (κ3) is 3.97. The maximum atomic E-state index is 13.2. The maximum Gasteiger partial charge on any atom is 0.349 e. The molecule has 6 heteroatoms. The number of hydrogen-bond acceptors (Lipinski definition) is 4. The van der Waals surface area contributed by atoms with Gasteiger partial charge in [0.25, 0.3) is 5.91 Å². The molecule has 1 saturated heterocycles. The Kier molecular flexibility index (Phi) is 5.21. The zero-order valence-corrected chi connectivity index (χ0v) is 15.3. The van der Waals surface area contributed by atoms with Crippen LogP contribution in [0.3, 0.4) is 0 Å². The van der Waals surface area contributed by atoms with Crippen molar-refractivity contribution in [2.75, 3.05) is 13.2 Å². The van der Waals surface area contributed by atoms with Crippen LogP contribution >= 0.6 is 0 Å². The molecule has 1 atom stereocenters. The second-order valence-electron chi connectivity index (χ2n) is 6.93. The van der Waals surface area contributed by atoms with Crippen molar-refractivity contribution in [2.45, 2.75) is 25.5 Å². The van der Waals surface area contributed by atoms with Crippen LogP contribution in [0.15, 0.2) is 63.8 Å².